The topological polar surface area (TPSA) is 51.0 Å². The van der Waals surface area contributed by atoms with E-state index < -0.39 is 0 Å². The maximum absolute atomic E-state index is 13.2. The summed E-state index contributed by atoms with van der Waals surface area (Å²) in [5.74, 6) is -0.111. The predicted octanol–water partition coefficient (Wildman–Crippen LogP) is 6.27. The minimum Gasteiger partial charge on any atom is -0.337 e. The van der Waals surface area contributed by atoms with E-state index in [1.165, 1.54) is 5.56 Å². The van der Waals surface area contributed by atoms with Crippen molar-refractivity contribution in [3.8, 4) is 0 Å². The summed E-state index contributed by atoms with van der Waals surface area (Å²) < 4.78 is 3.10. The van der Waals surface area contributed by atoms with Crippen molar-refractivity contribution < 1.29 is 4.79 Å². The number of halogens is 2. The highest BCUT2D eigenvalue weighted by Crippen LogP contribution is 2.30. The molecule has 0 fully saturated rings. The molecule has 2 heterocycles. The molecule has 4 rings (SSSR count). The molecule has 0 spiro atoms. The third kappa shape index (κ3) is 5.76. The molecule has 0 saturated heterocycles. The van der Waals surface area contributed by atoms with Crippen LogP contribution in [0.5, 0.6) is 0 Å². The molecule has 0 aliphatic heterocycles. The van der Waals surface area contributed by atoms with Crippen molar-refractivity contribution in [2.75, 3.05) is 11.4 Å². The molecular weight excluding hydrogens is 463 g/mol. The van der Waals surface area contributed by atoms with E-state index in [2.05, 4.69) is 24.0 Å². The number of aromatic nitrogens is 3. The van der Waals surface area contributed by atoms with Crippen molar-refractivity contribution in [2.24, 2.45) is 0 Å². The van der Waals surface area contributed by atoms with E-state index in [0.717, 1.165) is 35.2 Å². The van der Waals surface area contributed by atoms with Crippen LogP contribution < -0.4 is 4.90 Å². The van der Waals surface area contributed by atoms with Gasteiger partial charge in [-0.15, -0.1) is 12.4 Å². The normalized spacial score (nSPS) is 11.1. The zero-order valence-corrected chi connectivity index (χ0v) is 20.0. The minimum atomic E-state index is -0.111. The SMILES string of the molecule is CCc1ccc2nc(N(CCCn3ccnc3)C(=O)/C=C/c3ccccc3Cl)sc2c1.Cl. The number of anilines is 1. The molecule has 2 aromatic heterocycles. The molecule has 5 nitrogen and oxygen atoms in total. The van der Waals surface area contributed by atoms with Crippen LogP contribution in [0, 0.1) is 0 Å². The van der Waals surface area contributed by atoms with Crippen molar-refractivity contribution >= 4 is 62.7 Å². The first-order chi connectivity index (χ1) is 15.1. The van der Waals surface area contributed by atoms with Gasteiger partial charge in [-0.3, -0.25) is 9.69 Å². The van der Waals surface area contributed by atoms with Crippen LogP contribution in [0.2, 0.25) is 5.02 Å². The van der Waals surface area contributed by atoms with E-state index in [0.29, 0.717) is 16.7 Å². The fourth-order valence-electron chi connectivity index (χ4n) is 3.28. The summed E-state index contributed by atoms with van der Waals surface area (Å²) >= 11 is 7.78. The summed E-state index contributed by atoms with van der Waals surface area (Å²) in [6.07, 6.45) is 10.6. The molecule has 0 aliphatic carbocycles. The van der Waals surface area contributed by atoms with Gasteiger partial charge in [0.2, 0.25) is 0 Å². The molecular formula is C24H24Cl2N4OS. The largest absolute Gasteiger partial charge is 0.337 e. The molecule has 1 amide bonds. The van der Waals surface area contributed by atoms with Gasteiger partial charge in [0.15, 0.2) is 5.13 Å². The predicted molar refractivity (Wildman–Crippen MR) is 136 cm³/mol. The Kier molecular flexibility index (Phi) is 8.45. The van der Waals surface area contributed by atoms with Crippen LogP contribution in [-0.2, 0) is 17.8 Å². The van der Waals surface area contributed by atoms with E-state index in [-0.39, 0.29) is 18.3 Å². The second-order valence-corrected chi connectivity index (χ2v) is 8.57. The summed E-state index contributed by atoms with van der Waals surface area (Å²) in [7, 11) is 0. The number of amides is 1. The summed E-state index contributed by atoms with van der Waals surface area (Å²) in [5.41, 5.74) is 2.99. The third-order valence-corrected chi connectivity index (χ3v) is 6.40. The first-order valence-corrected chi connectivity index (χ1v) is 11.4. The van der Waals surface area contributed by atoms with Crippen molar-refractivity contribution in [3.05, 3.63) is 83.4 Å². The highest BCUT2D eigenvalue weighted by atomic mass is 35.5. The number of fused-ring (bicyclic) bond motifs is 1. The van der Waals surface area contributed by atoms with Gasteiger partial charge in [-0.05, 0) is 48.2 Å². The Bertz CT molecular complexity index is 1200. The van der Waals surface area contributed by atoms with Gasteiger partial charge in [-0.1, -0.05) is 54.1 Å². The minimum absolute atomic E-state index is 0. The number of imidazole rings is 1. The van der Waals surface area contributed by atoms with Crippen molar-refractivity contribution in [3.63, 3.8) is 0 Å². The van der Waals surface area contributed by atoms with Gasteiger partial charge < -0.3 is 4.57 Å². The van der Waals surface area contributed by atoms with E-state index in [1.54, 1.807) is 40.9 Å². The van der Waals surface area contributed by atoms with E-state index >= 15 is 0 Å². The Hall–Kier alpha value is -2.67. The van der Waals surface area contributed by atoms with Gasteiger partial charge in [0, 0.05) is 36.6 Å². The molecule has 0 atom stereocenters. The maximum Gasteiger partial charge on any atom is 0.252 e. The number of carbonyl (C=O) groups excluding carboxylic acids is 1. The van der Waals surface area contributed by atoms with Gasteiger partial charge in [0.25, 0.3) is 5.91 Å². The Morgan fingerprint density at radius 3 is 2.84 bits per heavy atom. The molecule has 0 radical (unpaired) electrons. The second-order valence-electron chi connectivity index (χ2n) is 7.15. The fourth-order valence-corrected chi connectivity index (χ4v) is 4.54. The number of carbonyl (C=O) groups is 1. The highest BCUT2D eigenvalue weighted by molar-refractivity contribution is 7.22. The second kappa shape index (κ2) is 11.3. The lowest BCUT2D eigenvalue weighted by atomic mass is 10.2. The quantitative estimate of drug-likeness (QED) is 0.276. The average molecular weight is 487 g/mol. The summed E-state index contributed by atoms with van der Waals surface area (Å²) in [4.78, 5) is 23.7. The van der Waals surface area contributed by atoms with Gasteiger partial charge in [0.1, 0.15) is 0 Å². The smallest absolute Gasteiger partial charge is 0.252 e. The third-order valence-electron chi connectivity index (χ3n) is 5.01. The van der Waals surface area contributed by atoms with Crippen LogP contribution in [-0.4, -0.2) is 27.0 Å². The van der Waals surface area contributed by atoms with E-state index in [4.69, 9.17) is 16.6 Å². The number of aryl methyl sites for hydroxylation is 2. The molecule has 4 aromatic rings. The maximum atomic E-state index is 13.2. The van der Waals surface area contributed by atoms with Crippen LogP contribution >= 0.6 is 35.3 Å². The number of benzene rings is 2. The Morgan fingerprint density at radius 1 is 1.25 bits per heavy atom. The lowest BCUT2D eigenvalue weighted by Gasteiger charge is -2.18. The Balaban J connectivity index is 0.00000289. The number of nitrogens with zero attached hydrogens (tertiary/aromatic N) is 4. The summed E-state index contributed by atoms with van der Waals surface area (Å²) in [5, 5.41) is 1.33. The van der Waals surface area contributed by atoms with E-state index in [1.807, 2.05) is 41.1 Å². The van der Waals surface area contributed by atoms with Gasteiger partial charge >= 0.3 is 0 Å². The van der Waals surface area contributed by atoms with Gasteiger partial charge in [-0.25, -0.2) is 9.97 Å². The van der Waals surface area contributed by atoms with Crippen LogP contribution in [0.25, 0.3) is 16.3 Å². The van der Waals surface area contributed by atoms with Crippen molar-refractivity contribution in [2.45, 2.75) is 26.3 Å². The molecule has 0 aliphatic rings. The molecule has 2 aromatic carbocycles. The zero-order valence-electron chi connectivity index (χ0n) is 17.6. The number of rotatable bonds is 8. The fraction of sp³-hybridized carbons (Fsp3) is 0.208. The van der Waals surface area contributed by atoms with E-state index in [9.17, 15) is 4.79 Å². The van der Waals surface area contributed by atoms with Crippen LogP contribution in [0.3, 0.4) is 0 Å². The van der Waals surface area contributed by atoms with Crippen molar-refractivity contribution in [1.29, 1.82) is 0 Å². The monoisotopic (exact) mass is 486 g/mol. The zero-order chi connectivity index (χ0) is 21.6. The molecule has 0 saturated carbocycles. The Morgan fingerprint density at radius 2 is 2.09 bits per heavy atom. The molecule has 0 unspecified atom stereocenters. The highest BCUT2D eigenvalue weighted by Gasteiger charge is 2.18. The van der Waals surface area contributed by atoms with Crippen LogP contribution in [0.1, 0.15) is 24.5 Å². The van der Waals surface area contributed by atoms with Gasteiger partial charge in [-0.2, -0.15) is 0 Å². The summed E-state index contributed by atoms with van der Waals surface area (Å²) in [6, 6.07) is 13.8. The lowest BCUT2D eigenvalue weighted by molar-refractivity contribution is -0.114. The lowest BCUT2D eigenvalue weighted by Crippen LogP contribution is -2.30. The number of hydrogen-bond donors (Lipinski definition) is 0. The number of hydrogen-bond acceptors (Lipinski definition) is 4. The van der Waals surface area contributed by atoms with Gasteiger partial charge in [0.05, 0.1) is 16.5 Å². The average Bonchev–Trinajstić information content (AvgIpc) is 3.45. The molecule has 8 heteroatoms. The van der Waals surface area contributed by atoms with Crippen LogP contribution in [0.15, 0.2) is 67.3 Å². The molecule has 0 bridgehead atoms. The molecule has 166 valence electrons. The standard InChI is InChI=1S/C24H23ClN4OS.ClH/c1-2-18-8-10-21-22(16-18)31-24(27-21)29(14-5-13-28-15-12-26-17-28)23(30)11-9-19-6-3-4-7-20(19)25;/h3-4,6-12,15-17H,2,5,13-14H2,1H3;1H/b11-9+;. The number of thiazole rings is 1. The first kappa shape index (κ1) is 24.0. The summed E-state index contributed by atoms with van der Waals surface area (Å²) in [6.45, 7) is 3.47. The molecule has 32 heavy (non-hydrogen) atoms. The van der Waals surface area contributed by atoms with Crippen molar-refractivity contribution in [1.82, 2.24) is 14.5 Å². The first-order valence-electron chi connectivity index (χ1n) is 10.2. The molecule has 0 N–H and O–H groups in total. The van der Waals surface area contributed by atoms with Crippen LogP contribution in [0.4, 0.5) is 5.13 Å². The Labute approximate surface area is 202 Å².